The minimum atomic E-state index is -2.91. The predicted molar refractivity (Wildman–Crippen MR) is 62.0 cm³/mol. The molecule has 0 aliphatic rings. The third-order valence-corrected chi connectivity index (χ3v) is 2.30. The van der Waals surface area contributed by atoms with Crippen LogP contribution in [0.15, 0.2) is 18.2 Å². The number of carboxylic acid groups (broad SMARTS) is 1. The topological polar surface area (TPSA) is 75.6 Å². The van der Waals surface area contributed by atoms with E-state index in [0.717, 1.165) is 12.1 Å². The number of rotatable bonds is 7. The normalized spacial score (nSPS) is 12.0. The summed E-state index contributed by atoms with van der Waals surface area (Å²) in [6.07, 6.45) is -3.98. The Morgan fingerprint density at radius 3 is 2.48 bits per heavy atom. The molecule has 1 amide bonds. The van der Waals surface area contributed by atoms with Crippen molar-refractivity contribution >= 4 is 11.9 Å². The number of nitrogens with one attached hydrogen (secondary N) is 1. The quantitative estimate of drug-likeness (QED) is 0.750. The molecule has 1 aromatic carbocycles. The van der Waals surface area contributed by atoms with E-state index in [0.29, 0.717) is 6.07 Å². The molecule has 0 bridgehead atoms. The van der Waals surface area contributed by atoms with E-state index >= 15 is 0 Å². The Morgan fingerprint density at radius 1 is 1.29 bits per heavy atom. The highest BCUT2D eigenvalue weighted by molar-refractivity contribution is 5.84. The van der Waals surface area contributed by atoms with Crippen molar-refractivity contribution in [2.75, 3.05) is 6.61 Å². The Kier molecular flexibility index (Phi) is 5.94. The fraction of sp³-hybridized carbons (Fsp3) is 0.333. The lowest BCUT2D eigenvalue weighted by Crippen LogP contribution is -2.44. The third kappa shape index (κ3) is 5.67. The highest BCUT2D eigenvalue weighted by atomic mass is 19.3. The zero-order valence-corrected chi connectivity index (χ0v) is 10.5. The molecule has 9 heteroatoms. The summed E-state index contributed by atoms with van der Waals surface area (Å²) in [5.74, 6) is -4.96. The van der Waals surface area contributed by atoms with Crippen LogP contribution in [0.25, 0.3) is 0 Å². The monoisotopic (exact) mass is 309 g/mol. The Bertz CT molecular complexity index is 524. The number of aliphatic carboxylic acids is 1. The van der Waals surface area contributed by atoms with Crippen molar-refractivity contribution in [3.05, 3.63) is 29.8 Å². The molecule has 0 radical (unpaired) electrons. The maximum Gasteiger partial charge on any atom is 0.326 e. The van der Waals surface area contributed by atoms with Crippen molar-refractivity contribution < 1.29 is 37.0 Å². The van der Waals surface area contributed by atoms with Gasteiger partial charge in [-0.15, -0.1) is 0 Å². The molecule has 0 saturated heterocycles. The van der Waals surface area contributed by atoms with Crippen molar-refractivity contribution in [1.82, 2.24) is 5.32 Å². The number of amides is 1. The summed E-state index contributed by atoms with van der Waals surface area (Å²) in [6, 6.07) is 0.586. The van der Waals surface area contributed by atoms with Crippen molar-refractivity contribution in [3.63, 3.8) is 0 Å². The Balaban J connectivity index is 2.54. The number of benzene rings is 1. The van der Waals surface area contributed by atoms with Crippen molar-refractivity contribution in [2.24, 2.45) is 0 Å². The van der Waals surface area contributed by atoms with Gasteiger partial charge in [-0.1, -0.05) is 0 Å². The van der Waals surface area contributed by atoms with Crippen molar-refractivity contribution in [3.8, 4) is 5.75 Å². The average Bonchev–Trinajstić information content (AvgIpc) is 2.36. The molecule has 0 aromatic heterocycles. The van der Waals surface area contributed by atoms with Gasteiger partial charge in [0.1, 0.15) is 11.9 Å². The van der Waals surface area contributed by atoms with E-state index in [2.05, 4.69) is 0 Å². The van der Waals surface area contributed by atoms with E-state index in [1.54, 1.807) is 0 Å². The summed E-state index contributed by atoms with van der Waals surface area (Å²) in [5, 5.41) is 10.4. The van der Waals surface area contributed by atoms with Crippen LogP contribution in [0.5, 0.6) is 5.75 Å². The van der Waals surface area contributed by atoms with Crippen molar-refractivity contribution in [1.29, 1.82) is 0 Å². The summed E-state index contributed by atoms with van der Waals surface area (Å²) in [4.78, 5) is 22.0. The van der Waals surface area contributed by atoms with Gasteiger partial charge in [0.25, 0.3) is 5.91 Å². The van der Waals surface area contributed by atoms with Gasteiger partial charge < -0.3 is 15.2 Å². The molecule has 2 N–H and O–H groups in total. The van der Waals surface area contributed by atoms with E-state index in [9.17, 15) is 27.2 Å². The minimum Gasteiger partial charge on any atom is -0.481 e. The highest BCUT2D eigenvalue weighted by Gasteiger charge is 2.24. The lowest BCUT2D eigenvalue weighted by Gasteiger charge is -2.14. The predicted octanol–water partition coefficient (Wildman–Crippen LogP) is 1.57. The fourth-order valence-corrected chi connectivity index (χ4v) is 1.37. The maximum atomic E-state index is 13.2. The number of halogens is 4. The zero-order chi connectivity index (χ0) is 16.0. The SMILES string of the molecule is O=C(COc1ccc(F)cc1F)NC(CC(F)F)C(=O)O. The first-order valence-electron chi connectivity index (χ1n) is 5.67. The second-order valence-corrected chi connectivity index (χ2v) is 3.95. The van der Waals surface area contributed by atoms with Crippen molar-refractivity contribution in [2.45, 2.75) is 18.9 Å². The molecule has 116 valence electrons. The van der Waals surface area contributed by atoms with Gasteiger partial charge in [-0.2, -0.15) is 0 Å². The zero-order valence-electron chi connectivity index (χ0n) is 10.5. The second-order valence-electron chi connectivity index (χ2n) is 3.95. The van der Waals surface area contributed by atoms with Crippen LogP contribution in [0.2, 0.25) is 0 Å². The van der Waals surface area contributed by atoms with Gasteiger partial charge in [0.05, 0.1) is 0 Å². The van der Waals surface area contributed by atoms with Crippen LogP contribution in [0.4, 0.5) is 17.6 Å². The average molecular weight is 309 g/mol. The van der Waals surface area contributed by atoms with Crippen LogP contribution >= 0.6 is 0 Å². The van der Waals surface area contributed by atoms with E-state index < -0.39 is 54.8 Å². The Morgan fingerprint density at radius 2 is 1.95 bits per heavy atom. The first-order chi connectivity index (χ1) is 9.79. The van der Waals surface area contributed by atoms with E-state index in [1.165, 1.54) is 0 Å². The standard InChI is InChI=1S/C12H11F4NO4/c13-6-1-2-9(7(14)3-6)21-5-11(18)17-8(12(19)20)4-10(15)16/h1-3,8,10H,4-5H2,(H,17,18)(H,19,20). The smallest absolute Gasteiger partial charge is 0.326 e. The number of carbonyl (C=O) groups is 2. The Hall–Kier alpha value is -2.32. The van der Waals surface area contributed by atoms with Gasteiger partial charge in [0, 0.05) is 12.5 Å². The third-order valence-electron chi connectivity index (χ3n) is 2.30. The molecule has 1 aromatic rings. The molecular formula is C12H11F4NO4. The minimum absolute atomic E-state index is 0.424. The molecule has 1 unspecified atom stereocenters. The number of alkyl halides is 2. The summed E-state index contributed by atoms with van der Waals surface area (Å²) < 4.78 is 54.7. The summed E-state index contributed by atoms with van der Waals surface area (Å²) in [5.41, 5.74) is 0. The molecule has 0 saturated carbocycles. The van der Waals surface area contributed by atoms with Crippen LogP contribution in [0.3, 0.4) is 0 Å². The molecule has 0 fully saturated rings. The number of hydrogen-bond acceptors (Lipinski definition) is 3. The van der Waals surface area contributed by atoms with E-state index in [4.69, 9.17) is 9.84 Å². The molecule has 0 spiro atoms. The summed E-state index contributed by atoms with van der Waals surface area (Å²) >= 11 is 0. The molecule has 0 aliphatic heterocycles. The molecule has 1 rings (SSSR count). The number of ether oxygens (including phenoxy) is 1. The van der Waals surface area contributed by atoms with Crippen LogP contribution in [-0.2, 0) is 9.59 Å². The van der Waals surface area contributed by atoms with Crippen LogP contribution in [-0.4, -0.2) is 36.1 Å². The fourth-order valence-electron chi connectivity index (χ4n) is 1.37. The first kappa shape index (κ1) is 16.7. The number of carbonyl (C=O) groups excluding carboxylic acids is 1. The summed E-state index contributed by atoms with van der Waals surface area (Å²) in [6.45, 7) is -0.796. The number of carboxylic acids is 1. The van der Waals surface area contributed by atoms with Crippen LogP contribution < -0.4 is 10.1 Å². The molecule has 0 heterocycles. The van der Waals surface area contributed by atoms with E-state index in [-0.39, 0.29) is 0 Å². The van der Waals surface area contributed by atoms with Gasteiger partial charge in [-0.25, -0.2) is 22.4 Å². The van der Waals surface area contributed by atoms with Gasteiger partial charge >= 0.3 is 5.97 Å². The summed E-state index contributed by atoms with van der Waals surface area (Å²) in [7, 11) is 0. The molecule has 1 atom stereocenters. The van der Waals surface area contributed by atoms with Gasteiger partial charge in [-0.05, 0) is 12.1 Å². The second kappa shape index (κ2) is 7.46. The first-order valence-corrected chi connectivity index (χ1v) is 5.67. The van der Waals surface area contributed by atoms with Gasteiger partial charge in [0.2, 0.25) is 6.43 Å². The lowest BCUT2D eigenvalue weighted by molar-refractivity contribution is -0.143. The number of hydrogen-bond donors (Lipinski definition) is 2. The lowest BCUT2D eigenvalue weighted by atomic mass is 10.2. The Labute approximate surface area is 116 Å². The molecular weight excluding hydrogens is 298 g/mol. The highest BCUT2D eigenvalue weighted by Crippen LogP contribution is 2.17. The maximum absolute atomic E-state index is 13.2. The van der Waals surface area contributed by atoms with Crippen LogP contribution in [0.1, 0.15) is 6.42 Å². The molecule has 5 nitrogen and oxygen atoms in total. The van der Waals surface area contributed by atoms with E-state index in [1.807, 2.05) is 5.32 Å². The van der Waals surface area contributed by atoms with Gasteiger partial charge in [0.15, 0.2) is 18.2 Å². The van der Waals surface area contributed by atoms with Gasteiger partial charge in [-0.3, -0.25) is 4.79 Å². The molecule has 21 heavy (non-hydrogen) atoms. The largest absolute Gasteiger partial charge is 0.481 e. The molecule has 0 aliphatic carbocycles. The van der Waals surface area contributed by atoms with Crippen LogP contribution in [0, 0.1) is 11.6 Å².